The highest BCUT2D eigenvalue weighted by Crippen LogP contribution is 2.27. The van der Waals surface area contributed by atoms with Crippen molar-refractivity contribution in [1.82, 2.24) is 14.5 Å². The molecule has 4 aromatic rings. The molecule has 0 bridgehead atoms. The van der Waals surface area contributed by atoms with E-state index in [1.165, 1.54) is 23.9 Å². The fraction of sp³-hybridized carbons (Fsp3) is 0.281. The lowest BCUT2D eigenvalue weighted by atomic mass is 10.0. The Morgan fingerprint density at radius 2 is 1.62 bits per heavy atom. The molecule has 0 aliphatic heterocycles. The highest BCUT2D eigenvalue weighted by atomic mass is 35.5. The van der Waals surface area contributed by atoms with E-state index in [0.717, 1.165) is 52.8 Å². The van der Waals surface area contributed by atoms with Gasteiger partial charge in [0.2, 0.25) is 5.91 Å². The molecule has 0 saturated carbocycles. The predicted molar refractivity (Wildman–Crippen MR) is 159 cm³/mol. The minimum absolute atomic E-state index is 0.00758. The summed E-state index contributed by atoms with van der Waals surface area (Å²) >= 11 is 7.43. The number of nitrogens with zero attached hydrogens (tertiary/aromatic N) is 3. The summed E-state index contributed by atoms with van der Waals surface area (Å²) in [5, 5.41) is 1.24. The molecule has 0 atom stereocenters. The Kier molecular flexibility index (Phi) is 9.02. The van der Waals surface area contributed by atoms with E-state index < -0.39 is 0 Å². The van der Waals surface area contributed by atoms with Crippen molar-refractivity contribution < 1.29 is 9.18 Å². The van der Waals surface area contributed by atoms with Gasteiger partial charge >= 0.3 is 0 Å². The molecule has 0 fully saturated rings. The average Bonchev–Trinajstić information content (AvgIpc) is 3.46. The van der Waals surface area contributed by atoms with Gasteiger partial charge in [-0.2, -0.15) is 4.98 Å². The second-order valence-electron chi connectivity index (χ2n) is 10.00. The van der Waals surface area contributed by atoms with Gasteiger partial charge in [0, 0.05) is 35.1 Å². The number of carbonyl (C=O) groups excluding carboxylic acids is 1. The van der Waals surface area contributed by atoms with Crippen LogP contribution in [0.5, 0.6) is 0 Å². The van der Waals surface area contributed by atoms with Gasteiger partial charge in [-0.25, -0.2) is 4.39 Å². The molecular formula is C32H31ClFN3O2S. The minimum Gasteiger partial charge on any atom is -0.337 e. The van der Waals surface area contributed by atoms with E-state index in [4.69, 9.17) is 11.6 Å². The van der Waals surface area contributed by atoms with Crippen LogP contribution in [0.4, 0.5) is 4.39 Å². The number of hydrogen-bond donors (Lipinski definition) is 0. The average molecular weight is 576 g/mol. The van der Waals surface area contributed by atoms with Crippen molar-refractivity contribution in [3.05, 3.63) is 116 Å². The molecule has 206 valence electrons. The van der Waals surface area contributed by atoms with Crippen LogP contribution in [0.2, 0.25) is 5.02 Å². The van der Waals surface area contributed by atoms with Crippen LogP contribution < -0.4 is 5.56 Å². The standard InChI is InChI=1S/C32H31ClFN3O2S/c1-2-18-36(19-22-6-10-24(11-7-22)25-12-14-26(33)15-13-25)30(38)20-37-29-5-3-4-28(29)31(39)35-32(37)40-21-23-8-16-27(34)17-9-23/h6-17H,2-5,18-21H2,1H3. The van der Waals surface area contributed by atoms with E-state index in [1.807, 2.05) is 33.7 Å². The fourth-order valence-corrected chi connectivity index (χ4v) is 6.14. The fourth-order valence-electron chi connectivity index (χ4n) is 5.05. The van der Waals surface area contributed by atoms with E-state index in [9.17, 15) is 14.0 Å². The first-order valence-corrected chi connectivity index (χ1v) is 14.9. The van der Waals surface area contributed by atoms with Crippen molar-refractivity contribution >= 4 is 29.3 Å². The maximum absolute atomic E-state index is 13.7. The normalized spacial score (nSPS) is 12.4. The molecular weight excluding hydrogens is 545 g/mol. The number of halogens is 2. The SMILES string of the molecule is CCCN(Cc1ccc(-c2ccc(Cl)cc2)cc1)C(=O)Cn1c(SCc2ccc(F)cc2)nc(=O)c2c1CCC2. The zero-order valence-corrected chi connectivity index (χ0v) is 24.0. The Hall–Kier alpha value is -3.42. The summed E-state index contributed by atoms with van der Waals surface area (Å²) < 4.78 is 15.3. The summed E-state index contributed by atoms with van der Waals surface area (Å²) in [6, 6.07) is 22.3. The van der Waals surface area contributed by atoms with Gasteiger partial charge in [-0.05, 0) is 72.2 Å². The molecule has 1 aliphatic rings. The van der Waals surface area contributed by atoms with E-state index in [-0.39, 0.29) is 23.8 Å². The van der Waals surface area contributed by atoms with Gasteiger partial charge in [0.25, 0.3) is 5.56 Å². The molecule has 40 heavy (non-hydrogen) atoms. The largest absolute Gasteiger partial charge is 0.337 e. The lowest BCUT2D eigenvalue weighted by Gasteiger charge is -2.25. The summed E-state index contributed by atoms with van der Waals surface area (Å²) in [4.78, 5) is 32.7. The monoisotopic (exact) mass is 575 g/mol. The van der Waals surface area contributed by atoms with Gasteiger partial charge in [-0.3, -0.25) is 9.59 Å². The Morgan fingerprint density at radius 3 is 2.30 bits per heavy atom. The summed E-state index contributed by atoms with van der Waals surface area (Å²) in [6.07, 6.45) is 3.16. The number of aromatic nitrogens is 2. The molecule has 0 spiro atoms. The number of rotatable bonds is 10. The van der Waals surface area contributed by atoms with Gasteiger partial charge in [-0.1, -0.05) is 78.8 Å². The van der Waals surface area contributed by atoms with Gasteiger partial charge in [0.05, 0.1) is 0 Å². The quantitative estimate of drug-likeness (QED) is 0.152. The molecule has 1 aliphatic carbocycles. The van der Waals surface area contributed by atoms with Crippen LogP contribution in [0, 0.1) is 5.82 Å². The molecule has 0 saturated heterocycles. The third-order valence-electron chi connectivity index (χ3n) is 7.13. The molecule has 5 rings (SSSR count). The van der Waals surface area contributed by atoms with E-state index in [2.05, 4.69) is 36.2 Å². The smallest absolute Gasteiger partial charge is 0.277 e. The number of fused-ring (bicyclic) bond motifs is 1. The Balaban J connectivity index is 1.35. The van der Waals surface area contributed by atoms with Gasteiger partial charge in [-0.15, -0.1) is 0 Å². The maximum atomic E-state index is 13.7. The lowest BCUT2D eigenvalue weighted by molar-refractivity contribution is -0.132. The Labute approximate surface area is 243 Å². The van der Waals surface area contributed by atoms with Crippen molar-refractivity contribution in [1.29, 1.82) is 0 Å². The topological polar surface area (TPSA) is 55.2 Å². The third kappa shape index (κ3) is 6.65. The van der Waals surface area contributed by atoms with Crippen molar-refractivity contribution in [2.45, 2.75) is 56.6 Å². The van der Waals surface area contributed by atoms with Crippen LogP contribution in [0.3, 0.4) is 0 Å². The highest BCUT2D eigenvalue weighted by molar-refractivity contribution is 7.98. The number of carbonyl (C=O) groups is 1. The van der Waals surface area contributed by atoms with Crippen LogP contribution in [-0.4, -0.2) is 26.9 Å². The summed E-state index contributed by atoms with van der Waals surface area (Å²) in [6.45, 7) is 3.32. The van der Waals surface area contributed by atoms with Gasteiger partial charge in [0.1, 0.15) is 12.4 Å². The van der Waals surface area contributed by atoms with E-state index in [0.29, 0.717) is 35.4 Å². The second-order valence-corrected chi connectivity index (χ2v) is 11.4. The molecule has 1 aromatic heterocycles. The van der Waals surface area contributed by atoms with Crippen LogP contribution >= 0.6 is 23.4 Å². The van der Waals surface area contributed by atoms with Crippen molar-refractivity contribution in [3.63, 3.8) is 0 Å². The van der Waals surface area contributed by atoms with Gasteiger partial charge in [0.15, 0.2) is 5.16 Å². The third-order valence-corrected chi connectivity index (χ3v) is 8.43. The van der Waals surface area contributed by atoms with Crippen LogP contribution in [0.1, 0.15) is 42.1 Å². The molecule has 1 amide bonds. The molecule has 3 aromatic carbocycles. The zero-order chi connectivity index (χ0) is 28.1. The second kappa shape index (κ2) is 12.8. The highest BCUT2D eigenvalue weighted by Gasteiger charge is 2.24. The summed E-state index contributed by atoms with van der Waals surface area (Å²) in [5.41, 5.74) is 5.58. The Morgan fingerprint density at radius 1 is 0.975 bits per heavy atom. The van der Waals surface area contributed by atoms with E-state index >= 15 is 0 Å². The number of amides is 1. The lowest BCUT2D eigenvalue weighted by Crippen LogP contribution is -2.35. The van der Waals surface area contributed by atoms with Crippen molar-refractivity contribution in [2.75, 3.05) is 6.54 Å². The van der Waals surface area contributed by atoms with E-state index in [1.54, 1.807) is 12.1 Å². The number of hydrogen-bond acceptors (Lipinski definition) is 4. The molecule has 0 unspecified atom stereocenters. The van der Waals surface area contributed by atoms with Crippen molar-refractivity contribution in [3.8, 4) is 11.1 Å². The minimum atomic E-state index is -0.289. The van der Waals surface area contributed by atoms with Crippen LogP contribution in [0.25, 0.3) is 11.1 Å². The summed E-state index contributed by atoms with van der Waals surface area (Å²) in [7, 11) is 0. The molecule has 8 heteroatoms. The first-order valence-electron chi connectivity index (χ1n) is 13.5. The summed E-state index contributed by atoms with van der Waals surface area (Å²) in [5.74, 6) is 0.229. The zero-order valence-electron chi connectivity index (χ0n) is 22.4. The van der Waals surface area contributed by atoms with Crippen LogP contribution in [0.15, 0.2) is 82.7 Å². The predicted octanol–water partition coefficient (Wildman–Crippen LogP) is 6.92. The molecule has 1 heterocycles. The number of benzene rings is 3. The maximum Gasteiger partial charge on any atom is 0.277 e. The first kappa shape index (κ1) is 28.1. The van der Waals surface area contributed by atoms with Crippen LogP contribution in [-0.2, 0) is 36.5 Å². The van der Waals surface area contributed by atoms with Crippen molar-refractivity contribution in [2.24, 2.45) is 0 Å². The molecule has 5 nitrogen and oxygen atoms in total. The molecule has 0 N–H and O–H groups in total. The van der Waals surface area contributed by atoms with Gasteiger partial charge < -0.3 is 9.47 Å². The first-order chi connectivity index (χ1) is 19.4. The molecule has 0 radical (unpaired) electrons. The Bertz CT molecular complexity index is 1540. The number of thioether (sulfide) groups is 1.